The molecule has 0 bridgehead atoms. The second-order valence-corrected chi connectivity index (χ2v) is 4.27. The Hall–Kier alpha value is -1.92. The van der Waals surface area contributed by atoms with Crippen LogP contribution in [0.5, 0.6) is 0 Å². The van der Waals surface area contributed by atoms with Crippen molar-refractivity contribution in [1.82, 2.24) is 25.0 Å². The van der Waals surface area contributed by atoms with Gasteiger partial charge in [-0.3, -0.25) is 10.7 Å². The quantitative estimate of drug-likeness (QED) is 0.386. The van der Waals surface area contributed by atoms with E-state index in [1.54, 1.807) is 0 Å². The molecule has 0 aromatic carbocycles. The molecule has 2 aromatic rings. The van der Waals surface area contributed by atoms with E-state index in [0.717, 1.165) is 4.68 Å². The number of anilines is 1. The van der Waals surface area contributed by atoms with Gasteiger partial charge in [0, 0.05) is 0 Å². The van der Waals surface area contributed by atoms with Gasteiger partial charge >= 0.3 is 0 Å². The Morgan fingerprint density at radius 1 is 1.30 bits per heavy atom. The molecule has 1 fully saturated rings. The highest BCUT2D eigenvalue weighted by molar-refractivity contribution is 5.81. The first kappa shape index (κ1) is 13.1. The van der Waals surface area contributed by atoms with E-state index in [-0.39, 0.29) is 17.0 Å². The third-order valence-corrected chi connectivity index (χ3v) is 3.13. The highest BCUT2D eigenvalue weighted by atomic mass is 16.6. The van der Waals surface area contributed by atoms with Crippen molar-refractivity contribution < 1.29 is 25.3 Å². The maximum absolute atomic E-state index is 9.93. The van der Waals surface area contributed by atoms with Gasteiger partial charge < -0.3 is 20.1 Å². The van der Waals surface area contributed by atoms with Crippen LogP contribution < -0.4 is 5.48 Å². The summed E-state index contributed by atoms with van der Waals surface area (Å²) < 4.78 is 6.48. The van der Waals surface area contributed by atoms with Crippen LogP contribution in [-0.2, 0) is 4.74 Å². The number of aliphatic hydroxyl groups is 3. The largest absolute Gasteiger partial charge is 0.394 e. The van der Waals surface area contributed by atoms with Crippen LogP contribution in [0, 0.1) is 0 Å². The molecule has 0 aliphatic carbocycles. The molecule has 2 unspecified atom stereocenters. The molecule has 5 N–H and O–H groups in total. The zero-order valence-corrected chi connectivity index (χ0v) is 10.0. The first-order valence-corrected chi connectivity index (χ1v) is 5.75. The number of hydrogen-bond donors (Lipinski definition) is 5. The summed E-state index contributed by atoms with van der Waals surface area (Å²) in [6.07, 6.45) is -3.35. The lowest BCUT2D eigenvalue weighted by molar-refractivity contribution is -0.0574. The van der Waals surface area contributed by atoms with Gasteiger partial charge in [0.25, 0.3) is 0 Å². The summed E-state index contributed by atoms with van der Waals surface area (Å²) in [5, 5.41) is 45.2. The summed E-state index contributed by atoms with van der Waals surface area (Å²) in [6.45, 7) is -0.445. The second-order valence-electron chi connectivity index (χ2n) is 4.27. The lowest BCUT2D eigenvalue weighted by Crippen LogP contribution is -2.33. The average Bonchev–Trinajstić information content (AvgIpc) is 3.01. The Morgan fingerprint density at radius 2 is 2.10 bits per heavy atom. The third kappa shape index (κ3) is 1.80. The molecule has 2 aromatic heterocycles. The van der Waals surface area contributed by atoms with Crippen LogP contribution in [0.15, 0.2) is 6.33 Å². The number of hydrogen-bond acceptors (Lipinski definition) is 10. The minimum atomic E-state index is -1.29. The van der Waals surface area contributed by atoms with Crippen molar-refractivity contribution in [2.24, 2.45) is 0 Å². The Balaban J connectivity index is 2.03. The number of rotatable bonds is 3. The molecule has 20 heavy (non-hydrogen) atoms. The first-order chi connectivity index (χ1) is 9.67. The minimum Gasteiger partial charge on any atom is -0.394 e. The zero-order valence-electron chi connectivity index (χ0n) is 10.0. The predicted molar refractivity (Wildman–Crippen MR) is 61.5 cm³/mol. The lowest BCUT2D eigenvalue weighted by atomic mass is 10.1. The summed E-state index contributed by atoms with van der Waals surface area (Å²) in [6, 6.07) is 0. The van der Waals surface area contributed by atoms with Crippen LogP contribution in [0.25, 0.3) is 11.2 Å². The van der Waals surface area contributed by atoms with Crippen molar-refractivity contribution in [3.8, 4) is 0 Å². The van der Waals surface area contributed by atoms with Crippen LogP contribution in [0.4, 0.5) is 5.82 Å². The fraction of sp³-hybridized carbons (Fsp3) is 0.556. The van der Waals surface area contributed by atoms with Gasteiger partial charge in [0.15, 0.2) is 23.2 Å². The molecule has 108 valence electrons. The summed E-state index contributed by atoms with van der Waals surface area (Å²) in [5.41, 5.74) is 2.23. The molecule has 0 saturated carbocycles. The van der Waals surface area contributed by atoms with E-state index in [1.807, 2.05) is 5.48 Å². The Morgan fingerprint density at radius 3 is 2.75 bits per heavy atom. The minimum absolute atomic E-state index is 0.0491. The molecule has 11 nitrogen and oxygen atoms in total. The highest BCUT2D eigenvalue weighted by Crippen LogP contribution is 2.30. The molecule has 3 rings (SSSR count). The number of ether oxygens (including phenoxy) is 1. The zero-order chi connectivity index (χ0) is 14.3. The van der Waals surface area contributed by atoms with Gasteiger partial charge in [-0.15, -0.1) is 5.10 Å². The normalized spacial score (nSPS) is 30.0. The van der Waals surface area contributed by atoms with Crippen molar-refractivity contribution in [1.29, 1.82) is 0 Å². The molecular formula is C9H12N6O5. The van der Waals surface area contributed by atoms with E-state index in [1.165, 1.54) is 6.33 Å². The summed E-state index contributed by atoms with van der Waals surface area (Å²) in [7, 11) is 0. The van der Waals surface area contributed by atoms with Crippen molar-refractivity contribution in [2.45, 2.75) is 24.5 Å². The molecule has 11 heteroatoms. The number of aromatic nitrogens is 5. The van der Waals surface area contributed by atoms with Crippen molar-refractivity contribution in [3.63, 3.8) is 0 Å². The van der Waals surface area contributed by atoms with E-state index < -0.39 is 31.1 Å². The second kappa shape index (κ2) is 4.88. The van der Waals surface area contributed by atoms with Crippen LogP contribution in [0.1, 0.15) is 6.23 Å². The van der Waals surface area contributed by atoms with E-state index >= 15 is 0 Å². The predicted octanol–water partition coefficient (Wildman–Crippen LogP) is -2.37. The topological polar surface area (TPSA) is 159 Å². The molecule has 1 saturated heterocycles. The Labute approximate surface area is 111 Å². The highest BCUT2D eigenvalue weighted by Gasteiger charge is 2.44. The molecular weight excluding hydrogens is 272 g/mol. The molecule has 0 radical (unpaired) electrons. The summed E-state index contributed by atoms with van der Waals surface area (Å²) in [5.74, 6) is 0.0491. The number of aliphatic hydroxyl groups excluding tert-OH is 3. The van der Waals surface area contributed by atoms with Gasteiger partial charge in [0.1, 0.15) is 24.6 Å². The molecule has 0 amide bonds. The van der Waals surface area contributed by atoms with Gasteiger partial charge in [0.05, 0.1) is 6.61 Å². The van der Waals surface area contributed by atoms with E-state index in [9.17, 15) is 10.2 Å². The fourth-order valence-electron chi connectivity index (χ4n) is 2.10. The maximum Gasteiger partial charge on any atom is 0.186 e. The molecule has 1 aliphatic rings. The number of nitrogens with zero attached hydrogens (tertiary/aromatic N) is 5. The molecule has 4 atom stereocenters. The summed E-state index contributed by atoms with van der Waals surface area (Å²) >= 11 is 0. The van der Waals surface area contributed by atoms with Gasteiger partial charge in [-0.2, -0.15) is 4.68 Å². The Kier molecular flexibility index (Phi) is 3.19. The molecule has 0 spiro atoms. The van der Waals surface area contributed by atoms with Crippen LogP contribution >= 0.6 is 0 Å². The van der Waals surface area contributed by atoms with Gasteiger partial charge in [-0.1, -0.05) is 5.21 Å². The molecule has 1 aliphatic heterocycles. The van der Waals surface area contributed by atoms with Crippen molar-refractivity contribution in [3.05, 3.63) is 6.33 Å². The SMILES string of the molecule is OC[C@H]1O[C@@H](n2nnc3c(NO)ncnc32)C(O)C1O. The van der Waals surface area contributed by atoms with Crippen LogP contribution in [0.3, 0.4) is 0 Å². The van der Waals surface area contributed by atoms with E-state index in [0.29, 0.717) is 0 Å². The van der Waals surface area contributed by atoms with E-state index in [4.69, 9.17) is 15.1 Å². The lowest BCUT2D eigenvalue weighted by Gasteiger charge is -2.14. The average molecular weight is 284 g/mol. The van der Waals surface area contributed by atoms with Crippen LogP contribution in [0.2, 0.25) is 0 Å². The standard InChI is InChI=1S/C9H12N6O5/c16-1-3-5(17)6(18)9(20-3)15-8-4(12-14-15)7(13-19)10-2-11-8/h2-3,5-6,9,16-19H,1H2,(H,10,11,13)/t3-,5?,6?,9-/m1/s1. The monoisotopic (exact) mass is 284 g/mol. The first-order valence-electron chi connectivity index (χ1n) is 5.75. The number of nitrogens with one attached hydrogen (secondary N) is 1. The van der Waals surface area contributed by atoms with Gasteiger partial charge in [-0.25, -0.2) is 9.97 Å². The fourth-order valence-corrected chi connectivity index (χ4v) is 2.10. The van der Waals surface area contributed by atoms with Gasteiger partial charge in [-0.05, 0) is 0 Å². The summed E-state index contributed by atoms with van der Waals surface area (Å²) in [4.78, 5) is 7.69. The van der Waals surface area contributed by atoms with Crippen LogP contribution in [-0.4, -0.2) is 70.4 Å². The third-order valence-electron chi connectivity index (χ3n) is 3.13. The van der Waals surface area contributed by atoms with Gasteiger partial charge in [0.2, 0.25) is 0 Å². The maximum atomic E-state index is 9.93. The number of fused-ring (bicyclic) bond motifs is 1. The van der Waals surface area contributed by atoms with Crippen molar-refractivity contribution >= 4 is 17.0 Å². The van der Waals surface area contributed by atoms with E-state index in [2.05, 4.69) is 20.3 Å². The van der Waals surface area contributed by atoms with Crippen molar-refractivity contribution in [2.75, 3.05) is 12.1 Å². The smallest absolute Gasteiger partial charge is 0.186 e. The molecule has 3 heterocycles. The Bertz CT molecular complexity index is 620.